The van der Waals surface area contributed by atoms with Crippen LogP contribution in [0.15, 0.2) is 42.5 Å². The molecule has 0 fully saturated rings. The van der Waals surface area contributed by atoms with Crippen molar-refractivity contribution in [3.05, 3.63) is 53.7 Å². The van der Waals surface area contributed by atoms with Crippen molar-refractivity contribution < 1.29 is 19.0 Å². The Morgan fingerprint density at radius 1 is 1.11 bits per heavy atom. The maximum absolute atomic E-state index is 13.9. The van der Waals surface area contributed by atoms with E-state index in [1.54, 1.807) is 26.2 Å². The first-order chi connectivity index (χ1) is 17.6. The van der Waals surface area contributed by atoms with Crippen LogP contribution < -0.4 is 30.2 Å². The fourth-order valence-corrected chi connectivity index (χ4v) is 5.37. The number of hydrogen-bond acceptors (Lipinski definition) is 6. The molecule has 1 atom stereocenters. The van der Waals surface area contributed by atoms with Crippen LogP contribution in [0, 0.1) is 0 Å². The highest BCUT2D eigenvalue weighted by Crippen LogP contribution is 2.46. The van der Waals surface area contributed by atoms with Crippen LogP contribution in [0.2, 0.25) is 0 Å². The first-order valence-electron chi connectivity index (χ1n) is 11.7. The van der Waals surface area contributed by atoms with E-state index in [2.05, 4.69) is 22.4 Å². The second-order valence-electron chi connectivity index (χ2n) is 8.68. The Bertz CT molecular complexity index is 1450. The summed E-state index contributed by atoms with van der Waals surface area (Å²) in [5.74, 6) is 1.73. The highest BCUT2D eigenvalue weighted by molar-refractivity contribution is 6.19. The lowest BCUT2D eigenvalue weighted by Crippen LogP contribution is -2.30. The number of rotatable bonds is 8. The molecule has 3 aromatic carbocycles. The van der Waals surface area contributed by atoms with Gasteiger partial charge in [-0.25, -0.2) is 0 Å². The number of nitrogens with two attached hydrogens (primary N) is 1. The van der Waals surface area contributed by atoms with Gasteiger partial charge in [-0.05, 0) is 29.1 Å². The van der Waals surface area contributed by atoms with E-state index in [0.717, 1.165) is 33.1 Å². The van der Waals surface area contributed by atoms with Gasteiger partial charge in [0.05, 0.1) is 32.5 Å². The third kappa shape index (κ3) is 3.77. The summed E-state index contributed by atoms with van der Waals surface area (Å²) < 4.78 is 16.6. The van der Waals surface area contributed by atoms with E-state index in [9.17, 15) is 4.79 Å². The van der Waals surface area contributed by atoms with Crippen molar-refractivity contribution in [3.63, 3.8) is 0 Å². The number of amides is 1. The summed E-state index contributed by atoms with van der Waals surface area (Å²) in [5.41, 5.74) is 9.73. The molecule has 1 aliphatic rings. The van der Waals surface area contributed by atoms with Gasteiger partial charge in [0.25, 0.3) is 5.91 Å². The van der Waals surface area contributed by atoms with Crippen LogP contribution in [-0.4, -0.2) is 57.7 Å². The SMILES string of the molecule is COc1cc2cc(C(=O)N3CC(CCl)c4c3cc(NCCN)c3ccccc43)[nH]c2c(OC)c1OC. The molecule has 0 radical (unpaired) electrons. The van der Waals surface area contributed by atoms with E-state index in [-0.39, 0.29) is 11.8 Å². The molecule has 188 valence electrons. The largest absolute Gasteiger partial charge is 0.493 e. The minimum Gasteiger partial charge on any atom is -0.493 e. The van der Waals surface area contributed by atoms with Crippen LogP contribution in [0.5, 0.6) is 17.2 Å². The van der Waals surface area contributed by atoms with Gasteiger partial charge in [0, 0.05) is 47.9 Å². The molecule has 9 heteroatoms. The molecule has 1 unspecified atom stereocenters. The number of alkyl halides is 1. The summed E-state index contributed by atoms with van der Waals surface area (Å²) >= 11 is 6.42. The summed E-state index contributed by atoms with van der Waals surface area (Å²) in [6.45, 7) is 1.62. The maximum Gasteiger partial charge on any atom is 0.274 e. The van der Waals surface area contributed by atoms with Gasteiger partial charge in [-0.1, -0.05) is 24.3 Å². The molecule has 1 amide bonds. The van der Waals surface area contributed by atoms with Crippen molar-refractivity contribution in [2.24, 2.45) is 5.73 Å². The Morgan fingerprint density at radius 3 is 2.53 bits per heavy atom. The molecule has 0 spiro atoms. The minimum absolute atomic E-state index is 0.0122. The molecule has 36 heavy (non-hydrogen) atoms. The number of carbonyl (C=O) groups is 1. The average Bonchev–Trinajstić information content (AvgIpc) is 3.51. The third-order valence-corrected chi connectivity index (χ3v) is 7.08. The van der Waals surface area contributed by atoms with Gasteiger partial charge in [0.15, 0.2) is 11.5 Å². The van der Waals surface area contributed by atoms with E-state index in [1.165, 1.54) is 0 Å². The van der Waals surface area contributed by atoms with Crippen molar-refractivity contribution in [1.29, 1.82) is 0 Å². The summed E-state index contributed by atoms with van der Waals surface area (Å²) in [4.78, 5) is 19.0. The highest BCUT2D eigenvalue weighted by atomic mass is 35.5. The second-order valence-corrected chi connectivity index (χ2v) is 8.99. The highest BCUT2D eigenvalue weighted by Gasteiger charge is 2.35. The van der Waals surface area contributed by atoms with Gasteiger partial charge >= 0.3 is 0 Å². The number of anilines is 2. The number of nitrogens with zero attached hydrogens (tertiary/aromatic N) is 1. The Kier molecular flexibility index (Phi) is 6.55. The van der Waals surface area contributed by atoms with Crippen molar-refractivity contribution in [1.82, 2.24) is 4.98 Å². The van der Waals surface area contributed by atoms with Crippen LogP contribution in [0.4, 0.5) is 11.4 Å². The number of benzene rings is 3. The number of fused-ring (bicyclic) bond motifs is 4. The molecule has 0 aliphatic carbocycles. The van der Waals surface area contributed by atoms with E-state index in [1.807, 2.05) is 30.3 Å². The van der Waals surface area contributed by atoms with Gasteiger partial charge in [0.1, 0.15) is 5.69 Å². The molecule has 1 aliphatic heterocycles. The zero-order valence-electron chi connectivity index (χ0n) is 20.5. The first-order valence-corrected chi connectivity index (χ1v) is 12.3. The number of H-pyrrole nitrogens is 1. The molecular weight excluding hydrogens is 480 g/mol. The van der Waals surface area contributed by atoms with Gasteiger partial charge in [-0.2, -0.15) is 0 Å². The molecule has 4 aromatic rings. The number of aromatic nitrogens is 1. The Hall–Kier alpha value is -3.62. The molecule has 5 rings (SSSR count). The minimum atomic E-state index is -0.153. The third-order valence-electron chi connectivity index (χ3n) is 6.71. The number of hydrogen-bond donors (Lipinski definition) is 3. The van der Waals surface area contributed by atoms with E-state index < -0.39 is 0 Å². The molecular formula is C27H29ClN4O4. The number of ether oxygens (including phenoxy) is 3. The lowest BCUT2D eigenvalue weighted by atomic mass is 9.95. The molecule has 4 N–H and O–H groups in total. The van der Waals surface area contributed by atoms with Crippen LogP contribution in [-0.2, 0) is 0 Å². The average molecular weight is 509 g/mol. The zero-order valence-corrected chi connectivity index (χ0v) is 21.2. The van der Waals surface area contributed by atoms with Crippen molar-refractivity contribution in [3.8, 4) is 17.2 Å². The summed E-state index contributed by atoms with van der Waals surface area (Å²) in [5, 5.41) is 6.37. The number of nitrogens with one attached hydrogen (secondary N) is 2. The van der Waals surface area contributed by atoms with Crippen molar-refractivity contribution >= 4 is 50.6 Å². The summed E-state index contributed by atoms with van der Waals surface area (Å²) in [7, 11) is 4.67. The predicted molar refractivity (Wildman–Crippen MR) is 145 cm³/mol. The van der Waals surface area contributed by atoms with Gasteiger partial charge in [0.2, 0.25) is 5.75 Å². The van der Waals surface area contributed by atoms with Crippen LogP contribution in [0.25, 0.3) is 21.7 Å². The standard InChI is InChI=1S/C27H29ClN4O4/c1-34-22-11-15-10-20(31-24(15)26(36-3)25(22)35-2)27(33)32-14-16(13-28)23-18-7-5-4-6-17(18)19(12-21(23)32)30-9-8-29/h4-7,10-12,16,30-31H,8-9,13-14,29H2,1-3H3. The van der Waals surface area contributed by atoms with Gasteiger partial charge < -0.3 is 35.1 Å². The molecule has 2 heterocycles. The maximum atomic E-state index is 13.9. The van der Waals surface area contributed by atoms with Crippen molar-refractivity contribution in [2.45, 2.75) is 5.92 Å². The first kappa shape index (κ1) is 24.1. The number of methoxy groups -OCH3 is 3. The molecule has 0 bridgehead atoms. The number of carbonyl (C=O) groups excluding carboxylic acids is 1. The molecule has 8 nitrogen and oxygen atoms in total. The fraction of sp³-hybridized carbons (Fsp3) is 0.296. The topological polar surface area (TPSA) is 102 Å². The Labute approximate surface area is 214 Å². The molecule has 0 saturated carbocycles. The quantitative estimate of drug-likeness (QED) is 0.298. The van der Waals surface area contributed by atoms with Gasteiger partial charge in [-0.3, -0.25) is 4.79 Å². The molecule has 0 saturated heterocycles. The lowest BCUT2D eigenvalue weighted by molar-refractivity contribution is 0.0984. The Morgan fingerprint density at radius 2 is 1.86 bits per heavy atom. The Balaban J connectivity index is 1.64. The van der Waals surface area contributed by atoms with E-state index in [0.29, 0.717) is 54.0 Å². The normalized spacial score (nSPS) is 14.8. The van der Waals surface area contributed by atoms with Crippen molar-refractivity contribution in [2.75, 3.05) is 57.1 Å². The monoisotopic (exact) mass is 508 g/mol. The van der Waals surface area contributed by atoms with E-state index >= 15 is 0 Å². The lowest BCUT2D eigenvalue weighted by Gasteiger charge is -2.19. The predicted octanol–water partition coefficient (Wildman–Crippen LogP) is 4.70. The van der Waals surface area contributed by atoms with Gasteiger partial charge in [-0.15, -0.1) is 11.6 Å². The van der Waals surface area contributed by atoms with Crippen LogP contribution in [0.3, 0.4) is 0 Å². The number of aromatic amines is 1. The molecule has 1 aromatic heterocycles. The second kappa shape index (κ2) is 9.79. The number of halogens is 1. The van der Waals surface area contributed by atoms with E-state index in [4.69, 9.17) is 31.5 Å². The fourth-order valence-electron chi connectivity index (χ4n) is 5.12. The smallest absolute Gasteiger partial charge is 0.274 e. The van der Waals surface area contributed by atoms with Crippen LogP contribution >= 0.6 is 11.6 Å². The van der Waals surface area contributed by atoms with Crippen LogP contribution in [0.1, 0.15) is 22.0 Å². The summed E-state index contributed by atoms with van der Waals surface area (Å²) in [6, 6.07) is 13.9. The summed E-state index contributed by atoms with van der Waals surface area (Å²) in [6.07, 6.45) is 0. The zero-order chi connectivity index (χ0) is 25.4.